The van der Waals surface area contributed by atoms with Gasteiger partial charge in [0.15, 0.2) is 0 Å². The smallest absolute Gasteiger partial charge is 0.319 e. The number of rotatable bonds is 5. The molecular formula is C18H20N4O2S. The van der Waals surface area contributed by atoms with E-state index in [0.29, 0.717) is 17.4 Å². The molecule has 1 unspecified atom stereocenters. The number of hydrogen-bond acceptors (Lipinski definition) is 5. The van der Waals surface area contributed by atoms with Gasteiger partial charge in [-0.25, -0.2) is 4.79 Å². The van der Waals surface area contributed by atoms with E-state index in [9.17, 15) is 4.79 Å². The Labute approximate surface area is 150 Å². The first-order valence-electron chi connectivity index (χ1n) is 8.13. The number of nitrogens with one attached hydrogen (secondary N) is 2. The topological polar surface area (TPSA) is 80.0 Å². The van der Waals surface area contributed by atoms with Gasteiger partial charge in [-0.15, -0.1) is 11.3 Å². The molecule has 0 saturated carbocycles. The van der Waals surface area contributed by atoms with Crippen molar-refractivity contribution in [3.63, 3.8) is 0 Å². The van der Waals surface area contributed by atoms with Gasteiger partial charge >= 0.3 is 6.03 Å². The molecule has 1 aromatic carbocycles. The van der Waals surface area contributed by atoms with Gasteiger partial charge in [0, 0.05) is 22.2 Å². The van der Waals surface area contributed by atoms with Crippen LogP contribution in [-0.2, 0) is 0 Å². The summed E-state index contributed by atoms with van der Waals surface area (Å²) in [6.45, 7) is 6.02. The second-order valence-electron chi connectivity index (χ2n) is 5.82. The molecule has 0 aliphatic carbocycles. The van der Waals surface area contributed by atoms with Gasteiger partial charge in [0.2, 0.25) is 5.82 Å². The average molecular weight is 356 g/mol. The van der Waals surface area contributed by atoms with E-state index in [1.165, 1.54) is 4.88 Å². The molecule has 0 fully saturated rings. The summed E-state index contributed by atoms with van der Waals surface area (Å²) < 4.78 is 5.34. The van der Waals surface area contributed by atoms with Crippen LogP contribution in [0.25, 0.3) is 22.2 Å². The first-order chi connectivity index (χ1) is 12.0. The third-order valence-electron chi connectivity index (χ3n) is 3.77. The summed E-state index contributed by atoms with van der Waals surface area (Å²) in [5.74, 6) is 1.04. The lowest BCUT2D eigenvalue weighted by Crippen LogP contribution is -2.35. The molecule has 2 amide bonds. The highest BCUT2D eigenvalue weighted by Crippen LogP contribution is 2.28. The number of aromatic nitrogens is 2. The molecule has 0 saturated heterocycles. The number of aryl methyl sites for hydroxylation is 1. The number of nitrogens with zero attached hydrogens (tertiary/aromatic N) is 2. The molecular weight excluding hydrogens is 336 g/mol. The van der Waals surface area contributed by atoms with Crippen molar-refractivity contribution in [2.24, 2.45) is 0 Å². The van der Waals surface area contributed by atoms with Gasteiger partial charge in [-0.05, 0) is 56.7 Å². The number of carbonyl (C=O) groups is 1. The molecule has 1 atom stereocenters. The monoisotopic (exact) mass is 356 g/mol. The number of carbonyl (C=O) groups excluding carboxylic acids is 1. The van der Waals surface area contributed by atoms with E-state index in [1.807, 2.05) is 57.2 Å². The molecule has 0 spiro atoms. The van der Waals surface area contributed by atoms with E-state index in [0.717, 1.165) is 16.9 Å². The van der Waals surface area contributed by atoms with Crippen LogP contribution >= 0.6 is 11.3 Å². The Morgan fingerprint density at radius 3 is 2.64 bits per heavy atom. The number of benzene rings is 1. The van der Waals surface area contributed by atoms with Gasteiger partial charge in [0.25, 0.3) is 5.89 Å². The van der Waals surface area contributed by atoms with E-state index in [-0.39, 0.29) is 12.1 Å². The summed E-state index contributed by atoms with van der Waals surface area (Å²) in [6.07, 6.45) is 0.885. The van der Waals surface area contributed by atoms with Gasteiger partial charge in [-0.2, -0.15) is 4.98 Å². The first-order valence-corrected chi connectivity index (χ1v) is 8.95. The van der Waals surface area contributed by atoms with Crippen LogP contribution in [0.5, 0.6) is 0 Å². The second kappa shape index (κ2) is 7.48. The lowest BCUT2D eigenvalue weighted by molar-refractivity contribution is 0.249. The molecule has 0 aliphatic heterocycles. The molecule has 6 nitrogen and oxygen atoms in total. The normalized spacial score (nSPS) is 12.0. The van der Waals surface area contributed by atoms with Gasteiger partial charge in [0.05, 0.1) is 4.88 Å². The molecule has 2 aromatic heterocycles. The van der Waals surface area contributed by atoms with Crippen molar-refractivity contribution >= 4 is 23.1 Å². The van der Waals surface area contributed by atoms with Crippen molar-refractivity contribution in [1.82, 2.24) is 15.5 Å². The molecule has 130 valence electrons. The highest BCUT2D eigenvalue weighted by atomic mass is 32.1. The van der Waals surface area contributed by atoms with Crippen LogP contribution in [-0.4, -0.2) is 22.2 Å². The Hall–Kier alpha value is -2.67. The third-order valence-corrected chi connectivity index (χ3v) is 4.76. The lowest BCUT2D eigenvalue weighted by atomic mass is 10.2. The minimum absolute atomic E-state index is 0.137. The summed E-state index contributed by atoms with van der Waals surface area (Å²) in [6, 6.07) is 11.3. The van der Waals surface area contributed by atoms with Gasteiger partial charge in [-0.3, -0.25) is 0 Å². The van der Waals surface area contributed by atoms with Crippen LogP contribution in [0.4, 0.5) is 10.5 Å². The van der Waals surface area contributed by atoms with Crippen LogP contribution in [0.3, 0.4) is 0 Å². The number of thiophene rings is 1. The second-order valence-corrected chi connectivity index (χ2v) is 7.11. The Balaban J connectivity index is 1.68. The minimum Gasteiger partial charge on any atom is -0.335 e. The maximum atomic E-state index is 11.8. The first kappa shape index (κ1) is 17.2. The predicted octanol–water partition coefficient (Wildman–Crippen LogP) is 4.69. The molecule has 7 heteroatoms. The van der Waals surface area contributed by atoms with Crippen molar-refractivity contribution in [3.05, 3.63) is 41.3 Å². The molecule has 25 heavy (non-hydrogen) atoms. The van der Waals surface area contributed by atoms with Crippen molar-refractivity contribution < 1.29 is 9.32 Å². The van der Waals surface area contributed by atoms with Crippen LogP contribution in [0.1, 0.15) is 25.1 Å². The summed E-state index contributed by atoms with van der Waals surface area (Å²) in [7, 11) is 0. The van der Waals surface area contributed by atoms with Crippen molar-refractivity contribution in [3.8, 4) is 22.2 Å². The largest absolute Gasteiger partial charge is 0.335 e. The van der Waals surface area contributed by atoms with Crippen LogP contribution in [0, 0.1) is 6.92 Å². The average Bonchev–Trinajstić information content (AvgIpc) is 3.24. The fourth-order valence-corrected chi connectivity index (χ4v) is 2.98. The lowest BCUT2D eigenvalue weighted by Gasteiger charge is -2.12. The van der Waals surface area contributed by atoms with E-state index in [1.54, 1.807) is 11.3 Å². The maximum absolute atomic E-state index is 11.8. The quantitative estimate of drug-likeness (QED) is 0.695. The summed E-state index contributed by atoms with van der Waals surface area (Å²) in [5, 5.41) is 9.70. The zero-order valence-electron chi connectivity index (χ0n) is 14.4. The molecule has 0 bridgehead atoms. The molecule has 3 rings (SSSR count). The predicted molar refractivity (Wildman–Crippen MR) is 99.7 cm³/mol. The molecule has 3 aromatic rings. The van der Waals surface area contributed by atoms with E-state index in [4.69, 9.17) is 4.52 Å². The SMILES string of the molecule is CCC(C)NC(=O)Nc1ccc(-c2noc(-c3ccc(C)s3)n2)cc1. The van der Waals surface area contributed by atoms with Crippen molar-refractivity contribution in [2.45, 2.75) is 33.2 Å². The molecule has 2 N–H and O–H groups in total. The van der Waals surface area contributed by atoms with Gasteiger partial charge in [0.1, 0.15) is 0 Å². The summed E-state index contributed by atoms with van der Waals surface area (Å²) >= 11 is 1.61. The number of anilines is 1. The fourth-order valence-electron chi connectivity index (χ4n) is 2.19. The molecule has 2 heterocycles. The summed E-state index contributed by atoms with van der Waals surface area (Å²) in [5.41, 5.74) is 1.54. The standard InChI is InChI=1S/C18H20N4O2S/c1-4-11(2)19-18(23)20-14-8-6-13(7-9-14)16-21-17(24-22-16)15-10-5-12(3)25-15/h5-11H,4H2,1-3H3,(H2,19,20,23). The van der Waals surface area contributed by atoms with E-state index >= 15 is 0 Å². The van der Waals surface area contributed by atoms with Crippen LogP contribution < -0.4 is 10.6 Å². The summed E-state index contributed by atoms with van der Waals surface area (Å²) in [4.78, 5) is 18.4. The van der Waals surface area contributed by atoms with Gasteiger partial charge < -0.3 is 15.2 Å². The zero-order valence-corrected chi connectivity index (χ0v) is 15.2. The minimum atomic E-state index is -0.211. The number of urea groups is 1. The van der Waals surface area contributed by atoms with Crippen molar-refractivity contribution in [1.29, 1.82) is 0 Å². The molecule has 0 radical (unpaired) electrons. The van der Waals surface area contributed by atoms with E-state index in [2.05, 4.69) is 20.8 Å². The van der Waals surface area contributed by atoms with Gasteiger partial charge in [-0.1, -0.05) is 12.1 Å². The highest BCUT2D eigenvalue weighted by molar-refractivity contribution is 7.15. The van der Waals surface area contributed by atoms with Crippen LogP contribution in [0.2, 0.25) is 0 Å². The Morgan fingerprint density at radius 2 is 2.00 bits per heavy atom. The third kappa shape index (κ3) is 4.24. The number of amides is 2. The van der Waals surface area contributed by atoms with E-state index < -0.39 is 0 Å². The molecule has 0 aliphatic rings. The van der Waals surface area contributed by atoms with Crippen molar-refractivity contribution in [2.75, 3.05) is 5.32 Å². The fraction of sp³-hybridized carbons (Fsp3) is 0.278. The zero-order chi connectivity index (χ0) is 17.8. The maximum Gasteiger partial charge on any atom is 0.319 e. The Kier molecular flexibility index (Phi) is 5.14. The Bertz CT molecular complexity index is 854. The Morgan fingerprint density at radius 1 is 1.24 bits per heavy atom. The van der Waals surface area contributed by atoms with Crippen LogP contribution in [0.15, 0.2) is 40.9 Å². The number of hydrogen-bond donors (Lipinski definition) is 2. The highest BCUT2D eigenvalue weighted by Gasteiger charge is 2.12.